The molecule has 0 saturated heterocycles. The van der Waals surface area contributed by atoms with Crippen molar-refractivity contribution in [3.05, 3.63) is 186 Å². The first-order valence-electron chi connectivity index (χ1n) is 18.0. The van der Waals surface area contributed by atoms with Gasteiger partial charge < -0.3 is 9.80 Å². The molecule has 242 valence electrons. The Bertz CT molecular complexity index is 2300. The molecule has 1 aliphatic heterocycles. The lowest BCUT2D eigenvalue weighted by Gasteiger charge is -2.32. The minimum atomic E-state index is -0.0909. The number of hydrogen-bond donors (Lipinski definition) is 0. The molecule has 1 heterocycles. The maximum Gasteiger partial charge on any atom is 0.0629 e. The number of nitrogens with zero attached hydrogens (tertiary/aromatic N) is 2. The van der Waals surface area contributed by atoms with E-state index in [1.54, 1.807) is 0 Å². The van der Waals surface area contributed by atoms with E-state index < -0.39 is 0 Å². The van der Waals surface area contributed by atoms with Crippen molar-refractivity contribution in [1.82, 2.24) is 0 Å². The Morgan fingerprint density at radius 2 is 1.02 bits per heavy atom. The predicted octanol–water partition coefficient (Wildman–Crippen LogP) is 12.5. The van der Waals surface area contributed by atoms with Crippen molar-refractivity contribution in [3.8, 4) is 22.3 Å². The van der Waals surface area contributed by atoms with Crippen LogP contribution in [-0.2, 0) is 10.8 Å². The highest BCUT2D eigenvalue weighted by molar-refractivity contribution is 6.00. The summed E-state index contributed by atoms with van der Waals surface area (Å²) in [4.78, 5) is 5.06. The third-order valence-electron chi connectivity index (χ3n) is 12.0. The second-order valence-electron chi connectivity index (χ2n) is 15.3. The van der Waals surface area contributed by atoms with Gasteiger partial charge >= 0.3 is 0 Å². The molecule has 0 N–H and O–H groups in total. The average molecular weight is 645 g/mol. The molecule has 0 spiro atoms. The van der Waals surface area contributed by atoms with Crippen LogP contribution >= 0.6 is 0 Å². The smallest absolute Gasteiger partial charge is 0.0629 e. The fourth-order valence-corrected chi connectivity index (χ4v) is 9.60. The minimum Gasteiger partial charge on any atom is -0.333 e. The molecule has 0 amide bonds. The maximum absolute atomic E-state index is 2.54. The lowest BCUT2D eigenvalue weighted by molar-refractivity contribution is 0.660. The molecular weight excluding hydrogens is 605 g/mol. The summed E-state index contributed by atoms with van der Waals surface area (Å²) >= 11 is 0. The van der Waals surface area contributed by atoms with Crippen LogP contribution in [0.15, 0.2) is 158 Å². The van der Waals surface area contributed by atoms with Gasteiger partial charge in [-0.2, -0.15) is 0 Å². The molecular formula is C48H40N2. The third kappa shape index (κ3) is 3.91. The summed E-state index contributed by atoms with van der Waals surface area (Å²) in [6.07, 6.45) is 9.09. The van der Waals surface area contributed by atoms with Gasteiger partial charge in [-0.15, -0.1) is 0 Å². The van der Waals surface area contributed by atoms with Gasteiger partial charge in [0.15, 0.2) is 0 Å². The van der Waals surface area contributed by atoms with Crippen molar-refractivity contribution in [3.63, 3.8) is 0 Å². The lowest BCUT2D eigenvalue weighted by atomic mass is 9.82. The number of benzene rings is 6. The normalized spacial score (nSPS) is 19.3. The molecule has 3 aliphatic carbocycles. The van der Waals surface area contributed by atoms with Crippen molar-refractivity contribution >= 4 is 28.4 Å². The average Bonchev–Trinajstić information content (AvgIpc) is 3.70. The molecule has 0 fully saturated rings. The summed E-state index contributed by atoms with van der Waals surface area (Å²) in [6.45, 7) is 9.48. The standard InChI is InChI=1S/C48H40N2/c1-47(2)37-19-9-5-17-35(37)45-39(47)21-13-25-43(45)50(44-26-14-22-40-46(44)36-18-6-10-20-38(36)48(40,3)4)32-29-27-31(28-30-32)49-41-23-11-7-15-33(41)34-16-8-12-24-42(34)49/h5-30,33,41H,1-4H3. The summed E-state index contributed by atoms with van der Waals surface area (Å²) in [5, 5.41) is 0. The molecule has 6 aromatic rings. The topological polar surface area (TPSA) is 6.48 Å². The van der Waals surface area contributed by atoms with Gasteiger partial charge in [0.05, 0.1) is 17.4 Å². The van der Waals surface area contributed by atoms with E-state index in [0.29, 0.717) is 5.92 Å². The van der Waals surface area contributed by atoms with E-state index in [-0.39, 0.29) is 16.9 Å². The van der Waals surface area contributed by atoms with Gasteiger partial charge in [0.25, 0.3) is 0 Å². The summed E-state index contributed by atoms with van der Waals surface area (Å²) in [5.41, 5.74) is 18.2. The Labute approximate surface area is 295 Å². The van der Waals surface area contributed by atoms with Crippen LogP contribution in [0.1, 0.15) is 61.4 Å². The SMILES string of the molecule is CC1(C)c2ccccc2-c2c(N(c3ccc(N4c5ccccc5C5C=CC=CC54)cc3)c3cccc4c3-c3ccccc3C4(C)C)cccc21. The van der Waals surface area contributed by atoms with Crippen LogP contribution in [0, 0.1) is 0 Å². The molecule has 0 aromatic heterocycles. The van der Waals surface area contributed by atoms with Crippen LogP contribution in [0.4, 0.5) is 28.4 Å². The predicted molar refractivity (Wildman–Crippen MR) is 210 cm³/mol. The van der Waals surface area contributed by atoms with Crippen LogP contribution in [0.3, 0.4) is 0 Å². The number of para-hydroxylation sites is 1. The molecule has 0 bridgehead atoms. The van der Waals surface area contributed by atoms with E-state index in [1.807, 2.05) is 0 Å². The molecule has 0 saturated carbocycles. The molecule has 50 heavy (non-hydrogen) atoms. The zero-order valence-corrected chi connectivity index (χ0v) is 29.1. The van der Waals surface area contributed by atoms with Crippen molar-refractivity contribution in [2.24, 2.45) is 0 Å². The van der Waals surface area contributed by atoms with Gasteiger partial charge in [-0.3, -0.25) is 0 Å². The summed E-state index contributed by atoms with van der Waals surface area (Å²) in [6, 6.07) is 50.3. The van der Waals surface area contributed by atoms with Gasteiger partial charge in [0, 0.05) is 44.9 Å². The monoisotopic (exact) mass is 644 g/mol. The van der Waals surface area contributed by atoms with Gasteiger partial charge in [-0.25, -0.2) is 0 Å². The van der Waals surface area contributed by atoms with Crippen LogP contribution in [-0.4, -0.2) is 6.04 Å². The second-order valence-corrected chi connectivity index (χ2v) is 15.3. The van der Waals surface area contributed by atoms with E-state index in [9.17, 15) is 0 Å². The zero-order valence-electron chi connectivity index (χ0n) is 29.1. The van der Waals surface area contributed by atoms with Gasteiger partial charge in [0.2, 0.25) is 0 Å². The van der Waals surface area contributed by atoms with Gasteiger partial charge in [0.1, 0.15) is 0 Å². The molecule has 10 rings (SSSR count). The summed E-state index contributed by atoms with van der Waals surface area (Å²) < 4.78 is 0. The first-order chi connectivity index (χ1) is 24.4. The van der Waals surface area contributed by atoms with Gasteiger partial charge in [-0.05, 0) is 81.4 Å². The molecule has 6 aromatic carbocycles. The van der Waals surface area contributed by atoms with Crippen LogP contribution in [0.25, 0.3) is 22.3 Å². The van der Waals surface area contributed by atoms with Crippen molar-refractivity contribution < 1.29 is 0 Å². The first-order valence-corrected chi connectivity index (χ1v) is 18.0. The van der Waals surface area contributed by atoms with E-state index in [2.05, 4.69) is 195 Å². The summed E-state index contributed by atoms with van der Waals surface area (Å²) in [5.74, 6) is 0.359. The van der Waals surface area contributed by atoms with Crippen molar-refractivity contribution in [2.45, 2.75) is 50.5 Å². The number of allylic oxidation sites excluding steroid dienone is 2. The Balaban J connectivity index is 1.20. The number of anilines is 5. The second kappa shape index (κ2) is 10.5. The van der Waals surface area contributed by atoms with E-state index in [0.717, 1.165) is 5.69 Å². The highest BCUT2D eigenvalue weighted by Gasteiger charge is 2.41. The fourth-order valence-electron chi connectivity index (χ4n) is 9.60. The van der Waals surface area contributed by atoms with Crippen LogP contribution < -0.4 is 9.80 Å². The lowest BCUT2D eigenvalue weighted by Crippen LogP contribution is -2.28. The molecule has 2 nitrogen and oxygen atoms in total. The highest BCUT2D eigenvalue weighted by atomic mass is 15.2. The van der Waals surface area contributed by atoms with Crippen molar-refractivity contribution in [1.29, 1.82) is 0 Å². The van der Waals surface area contributed by atoms with Crippen molar-refractivity contribution in [2.75, 3.05) is 9.80 Å². The minimum absolute atomic E-state index is 0.0909. The molecule has 2 unspecified atom stereocenters. The van der Waals surface area contributed by atoms with Crippen LogP contribution in [0.5, 0.6) is 0 Å². The van der Waals surface area contributed by atoms with E-state index >= 15 is 0 Å². The van der Waals surface area contributed by atoms with Crippen LogP contribution in [0.2, 0.25) is 0 Å². The zero-order chi connectivity index (χ0) is 33.8. The van der Waals surface area contributed by atoms with Gasteiger partial charge in [-0.1, -0.05) is 143 Å². The highest BCUT2D eigenvalue weighted by Crippen LogP contribution is 2.58. The first kappa shape index (κ1) is 29.3. The number of rotatable bonds is 4. The van der Waals surface area contributed by atoms with E-state index in [1.165, 1.54) is 72.8 Å². The molecule has 2 heteroatoms. The Hall–Kier alpha value is -5.60. The Kier molecular flexibility index (Phi) is 6.13. The quantitative estimate of drug-likeness (QED) is 0.188. The van der Waals surface area contributed by atoms with E-state index in [4.69, 9.17) is 0 Å². The number of hydrogen-bond acceptors (Lipinski definition) is 2. The largest absolute Gasteiger partial charge is 0.333 e. The molecule has 2 atom stereocenters. The maximum atomic E-state index is 2.54. The fraction of sp³-hybridized carbons (Fsp3) is 0.167. The molecule has 0 radical (unpaired) electrons. The third-order valence-corrected chi connectivity index (χ3v) is 12.0. The number of fused-ring (bicyclic) bond motifs is 9. The Morgan fingerprint density at radius 3 is 1.64 bits per heavy atom. The Morgan fingerprint density at radius 1 is 0.500 bits per heavy atom. The molecule has 4 aliphatic rings. The summed E-state index contributed by atoms with van der Waals surface area (Å²) in [7, 11) is 0.